The van der Waals surface area contributed by atoms with Crippen molar-refractivity contribution in [2.75, 3.05) is 6.54 Å². The molecule has 0 bridgehead atoms. The topological polar surface area (TPSA) is 81.4 Å². The molecule has 1 aliphatic rings. The van der Waals surface area contributed by atoms with E-state index in [0.29, 0.717) is 18.2 Å². The van der Waals surface area contributed by atoms with Gasteiger partial charge in [0.15, 0.2) is 0 Å². The molecule has 24 heavy (non-hydrogen) atoms. The van der Waals surface area contributed by atoms with Crippen molar-refractivity contribution in [3.8, 4) is 5.75 Å². The Labute approximate surface area is 151 Å². The SMILES string of the molecule is CC(C)Oc1ccc(S(=O)(=O)NC(CN)C2CCCCC2)cc1.Cl. The van der Waals surface area contributed by atoms with Crippen molar-refractivity contribution in [3.63, 3.8) is 0 Å². The minimum atomic E-state index is -3.55. The van der Waals surface area contributed by atoms with E-state index in [0.717, 1.165) is 25.7 Å². The lowest BCUT2D eigenvalue weighted by Crippen LogP contribution is -2.45. The standard InChI is InChI=1S/C17H28N2O3S.ClH/c1-13(2)22-15-8-10-16(11-9-15)23(20,21)19-17(12-18)14-6-4-3-5-7-14;/h8-11,13-14,17,19H,3-7,12,18H2,1-2H3;1H. The third kappa shape index (κ3) is 5.92. The second-order valence-corrected chi connectivity index (χ2v) is 8.21. The van der Waals surface area contributed by atoms with E-state index in [1.165, 1.54) is 6.42 Å². The molecule has 0 saturated heterocycles. The average Bonchev–Trinajstić information content (AvgIpc) is 2.53. The number of nitrogens with two attached hydrogens (primary N) is 1. The molecule has 0 aliphatic heterocycles. The first-order valence-corrected chi connectivity index (χ1v) is 9.90. The Morgan fingerprint density at radius 3 is 2.25 bits per heavy atom. The van der Waals surface area contributed by atoms with Crippen LogP contribution in [-0.2, 0) is 10.0 Å². The maximum atomic E-state index is 12.6. The van der Waals surface area contributed by atoms with Gasteiger partial charge in [-0.3, -0.25) is 0 Å². The first kappa shape index (κ1) is 21.2. The van der Waals surface area contributed by atoms with E-state index in [-0.39, 0.29) is 29.4 Å². The Hall–Kier alpha value is -0.820. The molecule has 1 fully saturated rings. The molecule has 138 valence electrons. The number of sulfonamides is 1. The monoisotopic (exact) mass is 376 g/mol. The summed E-state index contributed by atoms with van der Waals surface area (Å²) in [4.78, 5) is 0.253. The van der Waals surface area contributed by atoms with Crippen molar-refractivity contribution >= 4 is 22.4 Å². The quantitative estimate of drug-likeness (QED) is 0.766. The van der Waals surface area contributed by atoms with Crippen molar-refractivity contribution in [1.82, 2.24) is 4.72 Å². The number of halogens is 1. The van der Waals surface area contributed by atoms with Gasteiger partial charge in [-0.1, -0.05) is 19.3 Å². The van der Waals surface area contributed by atoms with Gasteiger partial charge in [-0.2, -0.15) is 0 Å². The molecule has 0 amide bonds. The van der Waals surface area contributed by atoms with Gasteiger partial charge in [-0.15, -0.1) is 12.4 Å². The predicted octanol–water partition coefficient (Wildman–Crippen LogP) is 3.08. The predicted molar refractivity (Wildman–Crippen MR) is 99.2 cm³/mol. The second kappa shape index (κ2) is 9.61. The highest BCUT2D eigenvalue weighted by Crippen LogP contribution is 2.27. The van der Waals surface area contributed by atoms with Gasteiger partial charge in [-0.25, -0.2) is 13.1 Å². The number of nitrogens with one attached hydrogen (secondary N) is 1. The van der Waals surface area contributed by atoms with E-state index < -0.39 is 10.0 Å². The summed E-state index contributed by atoms with van der Waals surface area (Å²) >= 11 is 0. The zero-order valence-corrected chi connectivity index (χ0v) is 16.0. The molecule has 1 aliphatic carbocycles. The largest absolute Gasteiger partial charge is 0.491 e. The fourth-order valence-electron chi connectivity index (χ4n) is 3.11. The summed E-state index contributed by atoms with van der Waals surface area (Å²) in [6.07, 6.45) is 5.70. The summed E-state index contributed by atoms with van der Waals surface area (Å²) in [7, 11) is -3.55. The smallest absolute Gasteiger partial charge is 0.240 e. The van der Waals surface area contributed by atoms with Crippen molar-refractivity contribution in [1.29, 1.82) is 0 Å². The highest BCUT2D eigenvalue weighted by Gasteiger charge is 2.27. The highest BCUT2D eigenvalue weighted by molar-refractivity contribution is 7.89. The molecule has 0 spiro atoms. The molecule has 1 atom stereocenters. The summed E-state index contributed by atoms with van der Waals surface area (Å²) in [5, 5.41) is 0. The number of ether oxygens (including phenoxy) is 1. The van der Waals surface area contributed by atoms with Crippen LogP contribution in [0.1, 0.15) is 46.0 Å². The van der Waals surface area contributed by atoms with Crippen LogP contribution < -0.4 is 15.2 Å². The van der Waals surface area contributed by atoms with Crippen molar-refractivity contribution in [3.05, 3.63) is 24.3 Å². The van der Waals surface area contributed by atoms with Gasteiger partial charge >= 0.3 is 0 Å². The third-order valence-electron chi connectivity index (χ3n) is 4.29. The van der Waals surface area contributed by atoms with E-state index in [9.17, 15) is 8.42 Å². The summed E-state index contributed by atoms with van der Waals surface area (Å²) < 4.78 is 33.5. The van der Waals surface area contributed by atoms with Crippen LogP contribution in [0.2, 0.25) is 0 Å². The minimum absolute atomic E-state index is 0. The van der Waals surface area contributed by atoms with Crippen LogP contribution in [0, 0.1) is 5.92 Å². The van der Waals surface area contributed by atoms with E-state index in [1.54, 1.807) is 24.3 Å². The molecular weight excluding hydrogens is 348 g/mol. The molecule has 1 aromatic rings. The Morgan fingerprint density at radius 1 is 1.17 bits per heavy atom. The lowest BCUT2D eigenvalue weighted by Gasteiger charge is -2.29. The van der Waals surface area contributed by atoms with E-state index in [4.69, 9.17) is 10.5 Å². The molecule has 7 heteroatoms. The maximum absolute atomic E-state index is 12.6. The van der Waals surface area contributed by atoms with Gasteiger partial charge in [0.1, 0.15) is 5.75 Å². The fraction of sp³-hybridized carbons (Fsp3) is 0.647. The summed E-state index contributed by atoms with van der Waals surface area (Å²) in [5.74, 6) is 1.01. The number of benzene rings is 1. The van der Waals surface area contributed by atoms with Gasteiger partial charge in [0.25, 0.3) is 0 Å². The van der Waals surface area contributed by atoms with Crippen molar-refractivity contribution in [2.45, 2.75) is 63.0 Å². The van der Waals surface area contributed by atoms with E-state index in [2.05, 4.69) is 4.72 Å². The van der Waals surface area contributed by atoms with Crippen LogP contribution in [-0.4, -0.2) is 27.1 Å². The Morgan fingerprint density at radius 2 is 1.75 bits per heavy atom. The lowest BCUT2D eigenvalue weighted by atomic mass is 9.84. The molecule has 2 rings (SSSR count). The van der Waals surface area contributed by atoms with Crippen LogP contribution in [0.4, 0.5) is 0 Å². The molecule has 1 unspecified atom stereocenters. The Balaban J connectivity index is 0.00000288. The molecule has 0 aromatic heterocycles. The van der Waals surface area contributed by atoms with Crippen LogP contribution in [0.3, 0.4) is 0 Å². The number of hydrogen-bond acceptors (Lipinski definition) is 4. The highest BCUT2D eigenvalue weighted by atomic mass is 35.5. The molecule has 0 heterocycles. The van der Waals surface area contributed by atoms with E-state index in [1.807, 2.05) is 13.8 Å². The first-order chi connectivity index (χ1) is 10.9. The van der Waals surface area contributed by atoms with Crippen molar-refractivity contribution in [2.24, 2.45) is 11.7 Å². The molecular formula is C17H29ClN2O3S. The Bertz CT molecular complexity index is 584. The van der Waals surface area contributed by atoms with Crippen LogP contribution in [0.25, 0.3) is 0 Å². The van der Waals surface area contributed by atoms with Gasteiger partial charge in [0.2, 0.25) is 10.0 Å². The van der Waals surface area contributed by atoms with Gasteiger partial charge < -0.3 is 10.5 Å². The van der Waals surface area contributed by atoms with Gasteiger partial charge in [-0.05, 0) is 56.9 Å². The summed E-state index contributed by atoms with van der Waals surface area (Å²) in [5.41, 5.74) is 5.82. The van der Waals surface area contributed by atoms with E-state index >= 15 is 0 Å². The normalized spacial score (nSPS) is 17.3. The van der Waals surface area contributed by atoms with Gasteiger partial charge in [0, 0.05) is 12.6 Å². The Kier molecular flexibility index (Phi) is 8.50. The first-order valence-electron chi connectivity index (χ1n) is 8.41. The summed E-state index contributed by atoms with van der Waals surface area (Å²) in [6, 6.07) is 6.34. The third-order valence-corrected chi connectivity index (χ3v) is 5.79. The lowest BCUT2D eigenvalue weighted by molar-refractivity contribution is 0.242. The zero-order chi connectivity index (χ0) is 16.9. The van der Waals surface area contributed by atoms with Crippen LogP contribution >= 0.6 is 12.4 Å². The van der Waals surface area contributed by atoms with Gasteiger partial charge in [0.05, 0.1) is 11.0 Å². The van der Waals surface area contributed by atoms with Crippen molar-refractivity contribution < 1.29 is 13.2 Å². The van der Waals surface area contributed by atoms with Crippen LogP contribution in [0.15, 0.2) is 29.2 Å². The molecule has 0 radical (unpaired) electrons. The average molecular weight is 377 g/mol. The summed E-state index contributed by atoms with van der Waals surface area (Å²) in [6.45, 7) is 4.20. The fourth-order valence-corrected chi connectivity index (χ4v) is 4.43. The zero-order valence-electron chi connectivity index (χ0n) is 14.4. The molecule has 1 saturated carbocycles. The maximum Gasteiger partial charge on any atom is 0.240 e. The second-order valence-electron chi connectivity index (χ2n) is 6.50. The molecule has 5 nitrogen and oxygen atoms in total. The minimum Gasteiger partial charge on any atom is -0.491 e. The number of hydrogen-bond donors (Lipinski definition) is 2. The molecule has 3 N–H and O–H groups in total. The molecule has 1 aromatic carbocycles. The number of rotatable bonds is 7. The van der Waals surface area contributed by atoms with Crippen LogP contribution in [0.5, 0.6) is 5.75 Å².